The summed E-state index contributed by atoms with van der Waals surface area (Å²) in [5.41, 5.74) is 2.88. The monoisotopic (exact) mass is 420 g/mol. The van der Waals surface area contributed by atoms with Crippen molar-refractivity contribution in [2.45, 2.75) is 70.8 Å². The highest BCUT2D eigenvalue weighted by Gasteiger charge is 2.32. The summed E-state index contributed by atoms with van der Waals surface area (Å²) in [6, 6.07) is 9.94. The number of hydrogen-bond acceptors (Lipinski definition) is 3. The van der Waals surface area contributed by atoms with Gasteiger partial charge in [-0.15, -0.1) is 0 Å². The predicted octanol–water partition coefficient (Wildman–Crippen LogP) is 5.54. The zero-order chi connectivity index (χ0) is 21.2. The molecule has 1 aromatic heterocycles. The van der Waals surface area contributed by atoms with Gasteiger partial charge in [0.1, 0.15) is 11.5 Å². The summed E-state index contributed by atoms with van der Waals surface area (Å²) in [6.07, 6.45) is 10.8. The lowest BCUT2D eigenvalue weighted by Gasteiger charge is -2.33. The van der Waals surface area contributed by atoms with E-state index in [9.17, 15) is 9.59 Å². The molecule has 1 aromatic carbocycles. The molecule has 1 N–H and O–H groups in total. The summed E-state index contributed by atoms with van der Waals surface area (Å²) in [5.74, 6) is 3.16. The van der Waals surface area contributed by atoms with E-state index in [-0.39, 0.29) is 11.8 Å². The van der Waals surface area contributed by atoms with Gasteiger partial charge < -0.3 is 14.6 Å². The minimum atomic E-state index is 0.0907. The van der Waals surface area contributed by atoms with Gasteiger partial charge in [0.25, 0.3) is 0 Å². The molecule has 164 valence electrons. The van der Waals surface area contributed by atoms with E-state index in [1.54, 1.807) is 0 Å². The van der Waals surface area contributed by atoms with E-state index in [1.165, 1.54) is 32.1 Å². The van der Waals surface area contributed by atoms with Crippen LogP contribution in [0.4, 0.5) is 5.69 Å². The van der Waals surface area contributed by atoms with Crippen LogP contribution in [0.5, 0.6) is 0 Å². The van der Waals surface area contributed by atoms with Crippen LogP contribution >= 0.6 is 0 Å². The van der Waals surface area contributed by atoms with Crippen molar-refractivity contribution in [1.29, 1.82) is 0 Å². The first kappa shape index (κ1) is 20.3. The van der Waals surface area contributed by atoms with Crippen molar-refractivity contribution in [2.24, 2.45) is 11.8 Å². The largest absolute Gasteiger partial charge is 0.461 e. The Hall–Kier alpha value is -2.56. The van der Waals surface area contributed by atoms with Crippen molar-refractivity contribution in [3.05, 3.63) is 41.7 Å². The Morgan fingerprint density at radius 1 is 1.06 bits per heavy atom. The van der Waals surface area contributed by atoms with Gasteiger partial charge in [-0.05, 0) is 43.4 Å². The van der Waals surface area contributed by atoms with Gasteiger partial charge in [0.15, 0.2) is 0 Å². The number of furan rings is 1. The maximum absolute atomic E-state index is 12.6. The SMILES string of the molecule is O=C(CCC1CCCC1)Nc1cccc(-c2cc3c(o2)CCN(C(=O)C2CCC2)C3)c1. The first-order valence-corrected chi connectivity index (χ1v) is 12.0. The van der Waals surface area contributed by atoms with Gasteiger partial charge >= 0.3 is 0 Å². The highest BCUT2D eigenvalue weighted by Crippen LogP contribution is 2.34. The molecule has 0 spiro atoms. The van der Waals surface area contributed by atoms with Crippen LogP contribution < -0.4 is 5.32 Å². The van der Waals surface area contributed by atoms with Gasteiger partial charge in [0, 0.05) is 48.7 Å². The van der Waals surface area contributed by atoms with Gasteiger partial charge in [-0.25, -0.2) is 0 Å². The fraction of sp³-hybridized carbons (Fsp3) is 0.538. The lowest BCUT2D eigenvalue weighted by Crippen LogP contribution is -2.41. The molecule has 3 aliphatic rings. The summed E-state index contributed by atoms with van der Waals surface area (Å²) in [6.45, 7) is 1.39. The van der Waals surface area contributed by atoms with Gasteiger partial charge in [-0.3, -0.25) is 9.59 Å². The Morgan fingerprint density at radius 3 is 2.68 bits per heavy atom. The molecule has 1 aliphatic heterocycles. The second kappa shape index (κ2) is 8.89. The van der Waals surface area contributed by atoms with Crippen molar-refractivity contribution in [3.8, 4) is 11.3 Å². The predicted molar refractivity (Wildman–Crippen MR) is 120 cm³/mol. The number of carbonyl (C=O) groups excluding carboxylic acids is 2. The zero-order valence-electron chi connectivity index (χ0n) is 18.2. The number of amides is 2. The van der Waals surface area contributed by atoms with E-state index in [0.29, 0.717) is 18.9 Å². The smallest absolute Gasteiger partial charge is 0.225 e. The molecule has 2 aliphatic carbocycles. The third kappa shape index (κ3) is 4.56. The molecule has 0 atom stereocenters. The average molecular weight is 421 g/mol. The molecule has 2 fully saturated rings. The summed E-state index contributed by atoms with van der Waals surface area (Å²) in [5, 5.41) is 3.05. The van der Waals surface area contributed by atoms with E-state index in [1.807, 2.05) is 29.2 Å². The van der Waals surface area contributed by atoms with Crippen LogP contribution in [-0.2, 0) is 22.6 Å². The summed E-state index contributed by atoms with van der Waals surface area (Å²) >= 11 is 0. The fourth-order valence-corrected chi connectivity index (χ4v) is 5.18. The van der Waals surface area contributed by atoms with Crippen LogP contribution in [0.15, 0.2) is 34.7 Å². The molecule has 5 heteroatoms. The number of fused-ring (bicyclic) bond motifs is 1. The highest BCUT2D eigenvalue weighted by molar-refractivity contribution is 5.91. The highest BCUT2D eigenvalue weighted by atomic mass is 16.3. The Morgan fingerprint density at radius 2 is 1.90 bits per heavy atom. The molecule has 0 radical (unpaired) electrons. The van der Waals surface area contributed by atoms with E-state index in [4.69, 9.17) is 4.42 Å². The fourth-order valence-electron chi connectivity index (χ4n) is 5.18. The molecule has 5 nitrogen and oxygen atoms in total. The molecular formula is C26H32N2O3. The van der Waals surface area contributed by atoms with E-state index in [2.05, 4.69) is 11.4 Å². The van der Waals surface area contributed by atoms with Crippen LogP contribution in [0.3, 0.4) is 0 Å². The lowest BCUT2D eigenvalue weighted by molar-refractivity contribution is -0.139. The van der Waals surface area contributed by atoms with Gasteiger partial charge in [-0.2, -0.15) is 0 Å². The minimum Gasteiger partial charge on any atom is -0.461 e. The molecule has 2 heterocycles. The maximum atomic E-state index is 12.6. The third-order valence-corrected chi connectivity index (χ3v) is 7.32. The topological polar surface area (TPSA) is 62.6 Å². The second-order valence-corrected chi connectivity index (χ2v) is 9.51. The Balaban J connectivity index is 1.22. The number of rotatable bonds is 6. The lowest BCUT2D eigenvalue weighted by atomic mass is 9.84. The molecule has 2 amide bonds. The molecule has 5 rings (SSSR count). The minimum absolute atomic E-state index is 0.0907. The van der Waals surface area contributed by atoms with Crippen molar-refractivity contribution < 1.29 is 14.0 Å². The molecule has 0 saturated heterocycles. The van der Waals surface area contributed by atoms with Crippen molar-refractivity contribution in [3.63, 3.8) is 0 Å². The Kier molecular flexibility index (Phi) is 5.84. The number of nitrogens with zero attached hydrogens (tertiary/aromatic N) is 1. The van der Waals surface area contributed by atoms with Gasteiger partial charge in [0.2, 0.25) is 11.8 Å². The third-order valence-electron chi connectivity index (χ3n) is 7.32. The molecular weight excluding hydrogens is 388 g/mol. The zero-order valence-corrected chi connectivity index (χ0v) is 18.2. The number of hydrogen-bond donors (Lipinski definition) is 1. The van der Waals surface area contributed by atoms with Crippen LogP contribution in [-0.4, -0.2) is 23.3 Å². The summed E-state index contributed by atoms with van der Waals surface area (Å²) < 4.78 is 6.15. The van der Waals surface area contributed by atoms with Crippen LogP contribution in [0.25, 0.3) is 11.3 Å². The van der Waals surface area contributed by atoms with Crippen molar-refractivity contribution >= 4 is 17.5 Å². The number of benzene rings is 1. The molecule has 31 heavy (non-hydrogen) atoms. The van der Waals surface area contributed by atoms with E-state index >= 15 is 0 Å². The van der Waals surface area contributed by atoms with Crippen LogP contribution in [0.2, 0.25) is 0 Å². The average Bonchev–Trinajstić information content (AvgIpc) is 3.40. The van der Waals surface area contributed by atoms with Crippen LogP contribution in [0.1, 0.15) is 69.1 Å². The van der Waals surface area contributed by atoms with Crippen molar-refractivity contribution in [1.82, 2.24) is 4.90 Å². The Bertz CT molecular complexity index is 953. The van der Waals surface area contributed by atoms with Crippen LogP contribution in [0, 0.1) is 11.8 Å². The van der Waals surface area contributed by atoms with Gasteiger partial charge in [-0.1, -0.05) is 44.2 Å². The number of anilines is 1. The quantitative estimate of drug-likeness (QED) is 0.667. The standard InChI is InChI=1S/C26H32N2O3/c29-25(12-11-18-5-1-2-6-18)27-22-10-4-9-20(15-22)24-16-21-17-28(14-13-23(21)31-24)26(30)19-7-3-8-19/h4,9-10,15-16,18-19H,1-3,5-8,11-14,17H2,(H,27,29). The first-order chi connectivity index (χ1) is 15.2. The molecule has 0 bridgehead atoms. The molecule has 0 unspecified atom stereocenters. The molecule has 2 aromatic rings. The maximum Gasteiger partial charge on any atom is 0.225 e. The summed E-state index contributed by atoms with van der Waals surface area (Å²) in [4.78, 5) is 27.0. The number of carbonyl (C=O) groups is 2. The number of nitrogens with one attached hydrogen (secondary N) is 1. The Labute approximate surface area is 184 Å². The second-order valence-electron chi connectivity index (χ2n) is 9.51. The van der Waals surface area contributed by atoms with Crippen molar-refractivity contribution in [2.75, 3.05) is 11.9 Å². The van der Waals surface area contributed by atoms with E-state index in [0.717, 1.165) is 66.5 Å². The first-order valence-electron chi connectivity index (χ1n) is 12.0. The van der Waals surface area contributed by atoms with E-state index < -0.39 is 0 Å². The van der Waals surface area contributed by atoms with Gasteiger partial charge in [0.05, 0.1) is 0 Å². The normalized spacial score (nSPS) is 19.2. The summed E-state index contributed by atoms with van der Waals surface area (Å²) in [7, 11) is 0. The molecule has 2 saturated carbocycles.